The van der Waals surface area contributed by atoms with Crippen LogP contribution in [0.4, 0.5) is 5.69 Å². The second kappa shape index (κ2) is 5.19. The lowest BCUT2D eigenvalue weighted by Crippen LogP contribution is -2.01. The summed E-state index contributed by atoms with van der Waals surface area (Å²) in [5.74, 6) is 1.56. The quantitative estimate of drug-likeness (QED) is 0.914. The van der Waals surface area contributed by atoms with Gasteiger partial charge in [0.25, 0.3) is 0 Å². The Bertz CT molecular complexity index is 616. The zero-order chi connectivity index (χ0) is 13.2. The lowest BCUT2D eigenvalue weighted by atomic mass is 10.2. The third kappa shape index (κ3) is 2.44. The van der Waals surface area contributed by atoms with Gasteiger partial charge in [-0.05, 0) is 18.2 Å². The maximum absolute atomic E-state index is 6.13. The Morgan fingerprint density at radius 1 is 1.05 bits per heavy atom. The first-order valence-corrected chi connectivity index (χ1v) is 6.56. The van der Waals surface area contributed by atoms with Crippen molar-refractivity contribution in [3.05, 3.63) is 52.0 Å². The third-order valence-corrected chi connectivity index (χ3v) is 3.72. The molecule has 2 aromatic rings. The Kier molecular flexibility index (Phi) is 3.40. The van der Waals surface area contributed by atoms with E-state index in [1.807, 2.05) is 30.3 Å². The summed E-state index contributed by atoms with van der Waals surface area (Å²) >= 11 is 12.1. The van der Waals surface area contributed by atoms with E-state index in [1.54, 1.807) is 6.07 Å². The monoisotopic (exact) mass is 295 g/mol. The van der Waals surface area contributed by atoms with Crippen LogP contribution in [0.25, 0.3) is 0 Å². The van der Waals surface area contributed by atoms with E-state index in [9.17, 15) is 0 Å². The van der Waals surface area contributed by atoms with Crippen LogP contribution in [0.1, 0.15) is 5.56 Å². The molecule has 1 aliphatic rings. The first-order chi connectivity index (χ1) is 9.25. The van der Waals surface area contributed by atoms with E-state index in [-0.39, 0.29) is 6.79 Å². The van der Waals surface area contributed by atoms with Crippen LogP contribution in [-0.2, 0) is 6.54 Å². The maximum atomic E-state index is 6.13. The average molecular weight is 296 g/mol. The highest BCUT2D eigenvalue weighted by atomic mass is 35.5. The van der Waals surface area contributed by atoms with Gasteiger partial charge >= 0.3 is 0 Å². The Morgan fingerprint density at radius 2 is 1.89 bits per heavy atom. The summed E-state index contributed by atoms with van der Waals surface area (Å²) in [5.41, 5.74) is 1.82. The van der Waals surface area contributed by atoms with Gasteiger partial charge in [-0.15, -0.1) is 0 Å². The standard InChI is InChI=1S/C14H11Cl2NO2/c15-10-4-2-5-11(13(10)16)17-7-9-3-1-6-12-14(9)19-8-18-12/h1-6,17H,7-8H2. The lowest BCUT2D eigenvalue weighted by molar-refractivity contribution is 0.173. The van der Waals surface area contributed by atoms with Crippen LogP contribution in [0.15, 0.2) is 36.4 Å². The first kappa shape index (κ1) is 12.5. The number of fused-ring (bicyclic) bond motifs is 1. The second-order valence-electron chi connectivity index (χ2n) is 4.11. The van der Waals surface area contributed by atoms with E-state index in [2.05, 4.69) is 5.32 Å². The number of hydrogen-bond donors (Lipinski definition) is 1. The molecular formula is C14H11Cl2NO2. The van der Waals surface area contributed by atoms with Gasteiger partial charge < -0.3 is 14.8 Å². The van der Waals surface area contributed by atoms with Crippen LogP contribution < -0.4 is 14.8 Å². The fourth-order valence-corrected chi connectivity index (χ4v) is 2.33. The largest absolute Gasteiger partial charge is 0.454 e. The smallest absolute Gasteiger partial charge is 0.231 e. The van der Waals surface area contributed by atoms with Crippen molar-refractivity contribution in [3.8, 4) is 11.5 Å². The molecular weight excluding hydrogens is 285 g/mol. The highest BCUT2D eigenvalue weighted by Gasteiger charge is 2.17. The van der Waals surface area contributed by atoms with Crippen LogP contribution >= 0.6 is 23.2 Å². The summed E-state index contributed by atoms with van der Waals surface area (Å²) in [6.07, 6.45) is 0. The molecule has 3 nitrogen and oxygen atoms in total. The van der Waals surface area contributed by atoms with Crippen LogP contribution in [0.3, 0.4) is 0 Å². The first-order valence-electron chi connectivity index (χ1n) is 5.81. The molecule has 1 heterocycles. The van der Waals surface area contributed by atoms with E-state index in [0.717, 1.165) is 22.7 Å². The van der Waals surface area contributed by atoms with E-state index in [1.165, 1.54) is 0 Å². The van der Waals surface area contributed by atoms with E-state index in [4.69, 9.17) is 32.7 Å². The number of hydrogen-bond acceptors (Lipinski definition) is 3. The number of nitrogens with one attached hydrogen (secondary N) is 1. The molecule has 0 bridgehead atoms. The molecule has 0 aliphatic carbocycles. The van der Waals surface area contributed by atoms with Crippen LogP contribution in [0, 0.1) is 0 Å². The molecule has 5 heteroatoms. The van der Waals surface area contributed by atoms with E-state index >= 15 is 0 Å². The Morgan fingerprint density at radius 3 is 2.79 bits per heavy atom. The number of rotatable bonds is 3. The number of anilines is 1. The van der Waals surface area contributed by atoms with E-state index < -0.39 is 0 Å². The summed E-state index contributed by atoms with van der Waals surface area (Å²) in [6, 6.07) is 11.3. The van der Waals surface area contributed by atoms with Crippen molar-refractivity contribution in [1.82, 2.24) is 0 Å². The molecule has 98 valence electrons. The SMILES string of the molecule is Clc1cccc(NCc2cccc3c2OCO3)c1Cl. The van der Waals surface area contributed by atoms with Gasteiger partial charge in [0.05, 0.1) is 15.7 Å². The van der Waals surface area contributed by atoms with Gasteiger partial charge in [0, 0.05) is 12.1 Å². The van der Waals surface area contributed by atoms with Crippen molar-refractivity contribution in [2.75, 3.05) is 12.1 Å². The van der Waals surface area contributed by atoms with E-state index in [0.29, 0.717) is 16.6 Å². The molecule has 19 heavy (non-hydrogen) atoms. The predicted octanol–water partition coefficient (Wildman–Crippen LogP) is 4.33. The summed E-state index contributed by atoms with van der Waals surface area (Å²) in [5, 5.41) is 4.30. The molecule has 0 atom stereocenters. The molecule has 0 aromatic heterocycles. The highest BCUT2D eigenvalue weighted by molar-refractivity contribution is 6.43. The molecule has 0 spiro atoms. The molecule has 2 aromatic carbocycles. The second-order valence-corrected chi connectivity index (χ2v) is 4.89. The van der Waals surface area contributed by atoms with Gasteiger partial charge in [-0.2, -0.15) is 0 Å². The van der Waals surface area contributed by atoms with Crippen molar-refractivity contribution in [2.45, 2.75) is 6.54 Å². The molecule has 0 unspecified atom stereocenters. The number of benzene rings is 2. The highest BCUT2D eigenvalue weighted by Crippen LogP contribution is 2.36. The van der Waals surface area contributed by atoms with Crippen molar-refractivity contribution < 1.29 is 9.47 Å². The minimum absolute atomic E-state index is 0.268. The predicted molar refractivity (Wildman–Crippen MR) is 76.4 cm³/mol. The fraction of sp³-hybridized carbons (Fsp3) is 0.143. The van der Waals surface area contributed by atoms with Crippen molar-refractivity contribution in [1.29, 1.82) is 0 Å². The zero-order valence-electron chi connectivity index (χ0n) is 9.95. The number of ether oxygens (including phenoxy) is 2. The van der Waals surface area contributed by atoms with Gasteiger partial charge in [-0.25, -0.2) is 0 Å². The molecule has 3 rings (SSSR count). The van der Waals surface area contributed by atoms with Gasteiger partial charge in [-0.1, -0.05) is 41.4 Å². The molecule has 0 radical (unpaired) electrons. The zero-order valence-corrected chi connectivity index (χ0v) is 11.5. The number of para-hydroxylation sites is 1. The van der Waals surface area contributed by atoms with Crippen LogP contribution in [-0.4, -0.2) is 6.79 Å². The Labute approximate surface area is 121 Å². The summed E-state index contributed by atoms with van der Waals surface area (Å²) in [6.45, 7) is 0.858. The molecule has 1 N–H and O–H groups in total. The maximum Gasteiger partial charge on any atom is 0.231 e. The summed E-state index contributed by atoms with van der Waals surface area (Å²) < 4.78 is 10.8. The molecule has 0 fully saturated rings. The Hall–Kier alpha value is -1.58. The van der Waals surface area contributed by atoms with Crippen molar-refractivity contribution in [3.63, 3.8) is 0 Å². The topological polar surface area (TPSA) is 30.5 Å². The molecule has 0 saturated carbocycles. The van der Waals surface area contributed by atoms with Gasteiger partial charge in [0.2, 0.25) is 6.79 Å². The van der Waals surface area contributed by atoms with Gasteiger partial charge in [-0.3, -0.25) is 0 Å². The van der Waals surface area contributed by atoms with Crippen LogP contribution in [0.2, 0.25) is 10.0 Å². The molecule has 1 aliphatic heterocycles. The summed E-state index contributed by atoms with van der Waals surface area (Å²) in [7, 11) is 0. The molecule has 0 saturated heterocycles. The van der Waals surface area contributed by atoms with Gasteiger partial charge in [0.1, 0.15) is 0 Å². The van der Waals surface area contributed by atoms with Gasteiger partial charge in [0.15, 0.2) is 11.5 Å². The summed E-state index contributed by atoms with van der Waals surface area (Å²) in [4.78, 5) is 0. The van der Waals surface area contributed by atoms with Crippen molar-refractivity contribution in [2.24, 2.45) is 0 Å². The normalized spacial score (nSPS) is 12.5. The van der Waals surface area contributed by atoms with Crippen molar-refractivity contribution >= 4 is 28.9 Å². The average Bonchev–Trinajstić information content (AvgIpc) is 2.89. The minimum atomic E-state index is 0.268. The van der Waals surface area contributed by atoms with Crippen LogP contribution in [0.5, 0.6) is 11.5 Å². The molecule has 0 amide bonds. The Balaban J connectivity index is 1.80. The third-order valence-electron chi connectivity index (χ3n) is 2.90. The minimum Gasteiger partial charge on any atom is -0.454 e. The number of halogens is 2. The lowest BCUT2D eigenvalue weighted by Gasteiger charge is -2.10. The fourth-order valence-electron chi connectivity index (χ4n) is 1.96.